The number of hydrogen-bond donors (Lipinski definition) is 0. The first-order valence-corrected chi connectivity index (χ1v) is 10.0. The van der Waals surface area contributed by atoms with E-state index in [1.54, 1.807) is 0 Å². The molecule has 0 spiro atoms. The van der Waals surface area contributed by atoms with Gasteiger partial charge in [0, 0.05) is 20.1 Å². The van der Waals surface area contributed by atoms with Crippen LogP contribution in [0.5, 0.6) is 0 Å². The maximum absolute atomic E-state index is 12.2. The van der Waals surface area contributed by atoms with Gasteiger partial charge in [-0.1, -0.05) is 44.8 Å². The van der Waals surface area contributed by atoms with Crippen molar-refractivity contribution in [1.82, 2.24) is 0 Å². The Morgan fingerprint density at radius 3 is 2.33 bits per heavy atom. The van der Waals surface area contributed by atoms with Gasteiger partial charge in [0.1, 0.15) is 0 Å². The molecule has 0 heterocycles. The third-order valence-corrected chi connectivity index (χ3v) is 7.20. The van der Waals surface area contributed by atoms with Gasteiger partial charge in [0.2, 0.25) is 0 Å². The van der Waals surface area contributed by atoms with Gasteiger partial charge in [-0.15, -0.1) is 0 Å². The van der Waals surface area contributed by atoms with Crippen molar-refractivity contribution in [3.05, 3.63) is 30.3 Å². The van der Waals surface area contributed by atoms with Crippen LogP contribution in [0.25, 0.3) is 0 Å². The van der Waals surface area contributed by atoms with Gasteiger partial charge in [-0.3, -0.25) is 4.21 Å². The molecule has 0 N–H and O–H groups in total. The molecule has 0 bridgehead atoms. The van der Waals surface area contributed by atoms with Crippen molar-refractivity contribution in [2.24, 2.45) is 0 Å². The summed E-state index contributed by atoms with van der Waals surface area (Å²) < 4.78 is 20.3. The fraction of sp³-hybridized carbons (Fsp3) is 0.500. The molecule has 3 atom stereocenters. The average molecular weight is 241 g/mol. The lowest BCUT2D eigenvalue weighted by Gasteiger charge is -2.24. The maximum Gasteiger partial charge on any atom is 0.0529 e. The van der Waals surface area contributed by atoms with E-state index >= 15 is 0 Å². The monoisotopic (exact) mass is 241 g/mol. The molecule has 0 aromatic heterocycles. The van der Waals surface area contributed by atoms with Crippen LogP contribution in [-0.4, -0.2) is 18.0 Å². The maximum atomic E-state index is 12.2. The molecule has 1 aromatic rings. The van der Waals surface area contributed by atoms with E-state index < -0.39 is 24.6 Å². The fourth-order valence-corrected chi connectivity index (χ4v) is 3.98. The highest BCUT2D eigenvalue weighted by atomic mass is 32.2. The molecule has 1 unspecified atom stereocenters. The van der Waals surface area contributed by atoms with E-state index in [2.05, 4.69) is 26.6 Å². The molecule has 84 valence electrons. The Morgan fingerprint density at radius 1 is 1.33 bits per heavy atom. The van der Waals surface area contributed by atoms with Gasteiger partial charge in [0.15, 0.2) is 0 Å². The van der Waals surface area contributed by atoms with Crippen molar-refractivity contribution < 1.29 is 5.58 Å². The highest BCUT2D eigenvalue weighted by Crippen LogP contribution is 2.23. The Morgan fingerprint density at radius 2 is 1.87 bits per heavy atom. The third-order valence-electron chi connectivity index (χ3n) is 2.67. The lowest BCUT2D eigenvalue weighted by Crippen LogP contribution is -2.29. The van der Waals surface area contributed by atoms with Crippen molar-refractivity contribution in [2.75, 3.05) is 5.73 Å². The zero-order valence-electron chi connectivity index (χ0n) is 10.9. The molecule has 1 rings (SSSR count). The summed E-state index contributed by atoms with van der Waals surface area (Å²) in [4.78, 5) is 0.771. The summed E-state index contributed by atoms with van der Waals surface area (Å²) >= 11 is 0. The third kappa shape index (κ3) is 3.91. The van der Waals surface area contributed by atoms with Gasteiger partial charge in [-0.05, 0) is 17.7 Å². The lowest BCUT2D eigenvalue weighted by atomic mass is 10.4. The predicted molar refractivity (Wildman–Crippen MR) is 70.5 cm³/mol. The molecule has 1 nitrogen and oxygen atoms in total. The van der Waals surface area contributed by atoms with E-state index in [4.69, 9.17) is 1.37 Å². The highest BCUT2D eigenvalue weighted by Gasteiger charge is 2.24. The summed E-state index contributed by atoms with van der Waals surface area (Å²) in [7, 11) is -2.60. The molecule has 1 aromatic carbocycles. The number of benzene rings is 1. The summed E-state index contributed by atoms with van der Waals surface area (Å²) in [5.74, 6) is 0. The molecule has 0 aliphatic rings. The first-order chi connectivity index (χ1) is 7.34. The molecule has 15 heavy (non-hydrogen) atoms. The molecule has 0 saturated heterocycles. The molecule has 3 heteroatoms. The molecular weight excluding hydrogens is 220 g/mol. The molecule has 0 aliphatic carbocycles. The Hall–Kier alpha value is -0.413. The second kappa shape index (κ2) is 5.08. The largest absolute Gasteiger partial charge is 0.254 e. The lowest BCUT2D eigenvalue weighted by molar-refractivity contribution is 0.681. The van der Waals surface area contributed by atoms with Crippen LogP contribution >= 0.6 is 0 Å². The van der Waals surface area contributed by atoms with E-state index in [1.165, 1.54) is 0 Å². The van der Waals surface area contributed by atoms with Gasteiger partial charge in [-0.2, -0.15) is 0 Å². The zero-order chi connectivity index (χ0) is 12.3. The van der Waals surface area contributed by atoms with Crippen molar-refractivity contribution >= 4 is 18.9 Å². The molecule has 0 amide bonds. The van der Waals surface area contributed by atoms with E-state index in [9.17, 15) is 4.21 Å². The molecule has 0 saturated carbocycles. The van der Waals surface area contributed by atoms with Crippen LogP contribution in [0, 0.1) is 0 Å². The standard InChI is InChI=1S/C12H20OSSi/c1-11(15(2,3)4)10-14(13)12-8-6-5-7-9-12/h5-9,11H,10H2,1-4H3/t11-,14?/m1/s1/i10D/t10-,11-,14?. The van der Waals surface area contributed by atoms with Crippen molar-refractivity contribution in [3.8, 4) is 0 Å². The Balaban J connectivity index is 2.84. The smallest absolute Gasteiger partial charge is 0.0529 e. The summed E-state index contributed by atoms with van der Waals surface area (Å²) in [6.45, 7) is 8.73. The zero-order valence-corrected chi connectivity index (χ0v) is 11.7. The van der Waals surface area contributed by atoms with Crippen LogP contribution in [0.2, 0.25) is 25.2 Å². The second-order valence-electron chi connectivity index (χ2n) is 4.90. The summed E-state index contributed by atoms with van der Waals surface area (Å²) in [6, 6.07) is 9.34. The normalized spacial score (nSPS) is 19.1. The number of rotatable bonds is 4. The molecule has 0 fully saturated rings. The first kappa shape index (κ1) is 11.1. The van der Waals surface area contributed by atoms with E-state index in [1.807, 2.05) is 30.3 Å². The van der Waals surface area contributed by atoms with Crippen LogP contribution in [0.4, 0.5) is 0 Å². The summed E-state index contributed by atoms with van der Waals surface area (Å²) in [5, 5.41) is 0. The number of hydrogen-bond acceptors (Lipinski definition) is 1. The highest BCUT2D eigenvalue weighted by molar-refractivity contribution is 7.85. The van der Waals surface area contributed by atoms with Crippen LogP contribution < -0.4 is 0 Å². The summed E-state index contributed by atoms with van der Waals surface area (Å²) in [5.41, 5.74) is -0.275. The molecule has 0 radical (unpaired) electrons. The first-order valence-electron chi connectivity index (χ1n) is 5.79. The quantitative estimate of drug-likeness (QED) is 0.737. The minimum atomic E-state index is -1.40. The van der Waals surface area contributed by atoms with E-state index in [0.717, 1.165) is 4.90 Å². The van der Waals surface area contributed by atoms with Crippen LogP contribution in [0.15, 0.2) is 35.2 Å². The van der Waals surface area contributed by atoms with Crippen LogP contribution in [0.1, 0.15) is 8.29 Å². The predicted octanol–water partition coefficient (Wildman–Crippen LogP) is 3.52. The van der Waals surface area contributed by atoms with Gasteiger partial charge in [0.25, 0.3) is 0 Å². The fourth-order valence-electron chi connectivity index (χ4n) is 1.02. The Bertz CT molecular complexity index is 361. The van der Waals surface area contributed by atoms with Crippen molar-refractivity contribution in [2.45, 2.75) is 37.0 Å². The summed E-state index contributed by atoms with van der Waals surface area (Å²) in [6.07, 6.45) is 0. The SMILES string of the molecule is [2H][C@H]([C@@H](C)[Si](C)(C)C)S(=O)c1ccccc1. The van der Waals surface area contributed by atoms with Gasteiger partial charge < -0.3 is 0 Å². The minimum absolute atomic E-state index is 0.230. The second-order valence-corrected chi connectivity index (χ2v) is 11.9. The Kier molecular flexibility index (Phi) is 3.75. The van der Waals surface area contributed by atoms with E-state index in [-0.39, 0.29) is 5.54 Å². The Labute approximate surface area is 97.8 Å². The molecular formula is C12H20OSSi. The van der Waals surface area contributed by atoms with Gasteiger partial charge in [-0.25, -0.2) is 0 Å². The van der Waals surface area contributed by atoms with E-state index in [0.29, 0.717) is 0 Å². The topological polar surface area (TPSA) is 17.1 Å². The van der Waals surface area contributed by atoms with Gasteiger partial charge in [0.05, 0.1) is 10.8 Å². The van der Waals surface area contributed by atoms with Crippen molar-refractivity contribution in [3.63, 3.8) is 0 Å². The van der Waals surface area contributed by atoms with Crippen LogP contribution in [0.3, 0.4) is 0 Å². The van der Waals surface area contributed by atoms with Gasteiger partial charge >= 0.3 is 0 Å². The van der Waals surface area contributed by atoms with Crippen LogP contribution in [-0.2, 0) is 10.8 Å². The average Bonchev–Trinajstić information content (AvgIpc) is 2.26. The van der Waals surface area contributed by atoms with Crippen molar-refractivity contribution in [1.29, 1.82) is 0 Å². The minimum Gasteiger partial charge on any atom is -0.254 e. The molecule has 0 aliphatic heterocycles.